The van der Waals surface area contributed by atoms with E-state index in [-0.39, 0.29) is 0 Å². The second-order valence-corrected chi connectivity index (χ2v) is 6.18. The molecule has 3 rings (SSSR count). The van der Waals surface area contributed by atoms with Crippen LogP contribution in [-0.4, -0.2) is 24.0 Å². The van der Waals surface area contributed by atoms with Crippen LogP contribution in [-0.2, 0) is 6.54 Å². The molecule has 2 N–H and O–H groups in total. The van der Waals surface area contributed by atoms with Crippen molar-refractivity contribution < 1.29 is 0 Å². The third-order valence-electron chi connectivity index (χ3n) is 4.51. The molecular formula is C18H24N2. The fraction of sp³-hybridized carbons (Fsp3) is 0.444. The summed E-state index contributed by atoms with van der Waals surface area (Å²) in [6, 6.07) is 15.7. The lowest BCUT2D eigenvalue weighted by Crippen LogP contribution is -2.41. The summed E-state index contributed by atoms with van der Waals surface area (Å²) in [4.78, 5) is 2.56. The predicted octanol–water partition coefficient (Wildman–Crippen LogP) is 3.40. The van der Waals surface area contributed by atoms with Crippen molar-refractivity contribution in [1.29, 1.82) is 0 Å². The summed E-state index contributed by atoms with van der Waals surface area (Å²) in [6.45, 7) is 5.54. The first-order valence-electron chi connectivity index (χ1n) is 7.68. The van der Waals surface area contributed by atoms with E-state index >= 15 is 0 Å². The van der Waals surface area contributed by atoms with E-state index in [0.717, 1.165) is 13.1 Å². The first-order chi connectivity index (χ1) is 9.72. The van der Waals surface area contributed by atoms with E-state index < -0.39 is 0 Å². The molecule has 1 aliphatic heterocycles. The predicted molar refractivity (Wildman–Crippen MR) is 85.6 cm³/mol. The van der Waals surface area contributed by atoms with E-state index in [4.69, 9.17) is 5.73 Å². The molecule has 2 aromatic rings. The van der Waals surface area contributed by atoms with E-state index in [9.17, 15) is 0 Å². The van der Waals surface area contributed by atoms with Gasteiger partial charge in [-0.25, -0.2) is 0 Å². The van der Waals surface area contributed by atoms with Gasteiger partial charge in [0.2, 0.25) is 0 Å². The zero-order valence-electron chi connectivity index (χ0n) is 12.3. The topological polar surface area (TPSA) is 29.3 Å². The fourth-order valence-electron chi connectivity index (χ4n) is 3.26. The first kappa shape index (κ1) is 13.6. The lowest BCUT2D eigenvalue weighted by Gasteiger charge is -2.34. The minimum Gasteiger partial charge on any atom is -0.328 e. The highest BCUT2D eigenvalue weighted by Crippen LogP contribution is 2.22. The number of nitrogens with zero attached hydrogens (tertiary/aromatic N) is 1. The van der Waals surface area contributed by atoms with Crippen molar-refractivity contribution in [2.75, 3.05) is 13.1 Å². The van der Waals surface area contributed by atoms with Crippen molar-refractivity contribution in [2.24, 2.45) is 11.7 Å². The van der Waals surface area contributed by atoms with Gasteiger partial charge in [-0.3, -0.25) is 4.90 Å². The molecule has 1 aliphatic rings. The first-order valence-corrected chi connectivity index (χ1v) is 7.68. The van der Waals surface area contributed by atoms with Gasteiger partial charge in [-0.1, -0.05) is 36.4 Å². The van der Waals surface area contributed by atoms with Gasteiger partial charge in [0.15, 0.2) is 0 Å². The Morgan fingerprint density at radius 3 is 2.80 bits per heavy atom. The number of nitrogens with two attached hydrogens (primary N) is 1. The van der Waals surface area contributed by atoms with E-state index in [1.165, 1.54) is 35.7 Å². The van der Waals surface area contributed by atoms with Gasteiger partial charge in [0.1, 0.15) is 0 Å². The number of hydrogen-bond acceptors (Lipinski definition) is 2. The molecule has 2 atom stereocenters. The summed E-state index contributed by atoms with van der Waals surface area (Å²) in [6.07, 6.45) is 2.56. The average molecular weight is 268 g/mol. The van der Waals surface area contributed by atoms with Gasteiger partial charge in [-0.2, -0.15) is 0 Å². The summed E-state index contributed by atoms with van der Waals surface area (Å²) in [5.74, 6) is 0.657. The van der Waals surface area contributed by atoms with E-state index in [1.54, 1.807) is 0 Å². The Morgan fingerprint density at radius 1 is 1.20 bits per heavy atom. The van der Waals surface area contributed by atoms with Gasteiger partial charge in [0, 0.05) is 19.1 Å². The molecular weight excluding hydrogens is 244 g/mol. The van der Waals surface area contributed by atoms with Crippen LogP contribution >= 0.6 is 0 Å². The molecule has 2 aromatic carbocycles. The third kappa shape index (κ3) is 3.02. The van der Waals surface area contributed by atoms with Gasteiger partial charge in [0.25, 0.3) is 0 Å². The van der Waals surface area contributed by atoms with Gasteiger partial charge < -0.3 is 5.73 Å². The Bertz CT molecular complexity index is 576. The van der Waals surface area contributed by atoms with E-state index in [1.807, 2.05) is 0 Å². The van der Waals surface area contributed by atoms with Crippen LogP contribution in [0.2, 0.25) is 0 Å². The Balaban J connectivity index is 1.72. The standard InChI is InChI=1S/C18H24N2/c1-14(19)18-7-4-10-20(13-18)12-15-8-9-16-5-2-3-6-17(16)11-15/h2-3,5-6,8-9,11,14,18H,4,7,10,12-13,19H2,1H3. The Morgan fingerprint density at radius 2 is 2.00 bits per heavy atom. The molecule has 20 heavy (non-hydrogen) atoms. The lowest BCUT2D eigenvalue weighted by molar-refractivity contribution is 0.154. The number of likely N-dealkylation sites (tertiary alicyclic amines) is 1. The highest BCUT2D eigenvalue weighted by Gasteiger charge is 2.22. The van der Waals surface area contributed by atoms with Crippen LogP contribution in [0.15, 0.2) is 42.5 Å². The summed E-state index contributed by atoms with van der Waals surface area (Å²) in [5, 5.41) is 2.66. The van der Waals surface area contributed by atoms with Crippen LogP contribution in [0.5, 0.6) is 0 Å². The number of fused-ring (bicyclic) bond motifs is 1. The van der Waals surface area contributed by atoms with Crippen molar-refractivity contribution >= 4 is 10.8 Å². The molecule has 0 spiro atoms. The zero-order chi connectivity index (χ0) is 13.9. The smallest absolute Gasteiger partial charge is 0.0234 e. The van der Waals surface area contributed by atoms with Crippen LogP contribution in [0.4, 0.5) is 0 Å². The SMILES string of the molecule is CC(N)C1CCCN(Cc2ccc3ccccc3c2)C1. The maximum Gasteiger partial charge on any atom is 0.0234 e. The summed E-state index contributed by atoms with van der Waals surface area (Å²) in [7, 11) is 0. The van der Waals surface area contributed by atoms with Gasteiger partial charge in [-0.05, 0) is 54.6 Å². The second-order valence-electron chi connectivity index (χ2n) is 6.18. The van der Waals surface area contributed by atoms with Gasteiger partial charge in [0.05, 0.1) is 0 Å². The molecule has 2 unspecified atom stereocenters. The molecule has 0 amide bonds. The maximum absolute atomic E-state index is 6.07. The van der Waals surface area contributed by atoms with E-state index in [2.05, 4.69) is 54.3 Å². The molecule has 0 aromatic heterocycles. The van der Waals surface area contributed by atoms with Crippen molar-refractivity contribution in [1.82, 2.24) is 4.90 Å². The molecule has 106 valence electrons. The normalized spacial score (nSPS) is 22.0. The summed E-state index contributed by atoms with van der Waals surface area (Å²) < 4.78 is 0. The summed E-state index contributed by atoms with van der Waals surface area (Å²) in [5.41, 5.74) is 7.48. The molecule has 0 aliphatic carbocycles. The molecule has 1 heterocycles. The molecule has 0 saturated carbocycles. The quantitative estimate of drug-likeness (QED) is 0.924. The molecule has 0 bridgehead atoms. The monoisotopic (exact) mass is 268 g/mol. The van der Waals surface area contributed by atoms with Gasteiger partial charge >= 0.3 is 0 Å². The van der Waals surface area contributed by atoms with Gasteiger partial charge in [-0.15, -0.1) is 0 Å². The molecule has 2 nitrogen and oxygen atoms in total. The van der Waals surface area contributed by atoms with Crippen molar-refractivity contribution in [2.45, 2.75) is 32.4 Å². The molecule has 1 saturated heterocycles. The van der Waals surface area contributed by atoms with Crippen molar-refractivity contribution in [3.63, 3.8) is 0 Å². The maximum atomic E-state index is 6.07. The van der Waals surface area contributed by atoms with Crippen LogP contribution in [0, 0.1) is 5.92 Å². The van der Waals surface area contributed by atoms with Crippen LogP contribution in [0.25, 0.3) is 10.8 Å². The zero-order valence-corrected chi connectivity index (χ0v) is 12.3. The average Bonchev–Trinajstić information content (AvgIpc) is 2.47. The Labute approximate surface area is 121 Å². The largest absolute Gasteiger partial charge is 0.328 e. The highest BCUT2D eigenvalue weighted by atomic mass is 15.1. The number of rotatable bonds is 3. The number of benzene rings is 2. The van der Waals surface area contributed by atoms with Crippen molar-refractivity contribution in [3.8, 4) is 0 Å². The van der Waals surface area contributed by atoms with Crippen LogP contribution < -0.4 is 5.73 Å². The van der Waals surface area contributed by atoms with Crippen LogP contribution in [0.1, 0.15) is 25.3 Å². The molecule has 0 radical (unpaired) electrons. The van der Waals surface area contributed by atoms with E-state index in [0.29, 0.717) is 12.0 Å². The fourth-order valence-corrected chi connectivity index (χ4v) is 3.26. The Hall–Kier alpha value is -1.38. The lowest BCUT2D eigenvalue weighted by atomic mass is 9.92. The minimum atomic E-state index is 0.314. The Kier molecular flexibility index (Phi) is 4.04. The highest BCUT2D eigenvalue weighted by molar-refractivity contribution is 5.82. The van der Waals surface area contributed by atoms with Crippen LogP contribution in [0.3, 0.4) is 0 Å². The third-order valence-corrected chi connectivity index (χ3v) is 4.51. The number of hydrogen-bond donors (Lipinski definition) is 1. The molecule has 1 fully saturated rings. The molecule has 2 heteroatoms. The number of piperidine rings is 1. The van der Waals surface area contributed by atoms with Crippen molar-refractivity contribution in [3.05, 3.63) is 48.0 Å². The summed E-state index contributed by atoms with van der Waals surface area (Å²) >= 11 is 0. The minimum absolute atomic E-state index is 0.314. The second kappa shape index (κ2) is 5.94.